The van der Waals surface area contributed by atoms with Crippen LogP contribution < -0.4 is 5.32 Å². The van der Waals surface area contributed by atoms with Crippen LogP contribution in [0.5, 0.6) is 0 Å². The summed E-state index contributed by atoms with van der Waals surface area (Å²) < 4.78 is 3.57. The van der Waals surface area contributed by atoms with Crippen molar-refractivity contribution in [2.75, 3.05) is 11.1 Å². The highest BCUT2D eigenvalue weighted by Crippen LogP contribution is 2.27. The lowest BCUT2D eigenvalue weighted by Crippen LogP contribution is -2.14. The predicted molar refractivity (Wildman–Crippen MR) is 113 cm³/mol. The third-order valence-electron chi connectivity index (χ3n) is 3.47. The third kappa shape index (κ3) is 4.68. The number of aromatic nitrogens is 3. The van der Waals surface area contributed by atoms with Gasteiger partial charge >= 0.3 is 0 Å². The lowest BCUT2D eigenvalue weighted by Gasteiger charge is -2.08. The zero-order valence-electron chi connectivity index (χ0n) is 13.5. The number of carbonyl (C=O) groups is 1. The zero-order chi connectivity index (χ0) is 18.7. The molecule has 0 radical (unpaired) electrons. The van der Waals surface area contributed by atoms with E-state index in [1.807, 2.05) is 54.1 Å². The number of benzene rings is 2. The molecule has 0 saturated heterocycles. The minimum absolute atomic E-state index is 0.121. The summed E-state index contributed by atoms with van der Waals surface area (Å²) in [7, 11) is 1.87. The standard InChI is InChI=1S/C17H13Br2ClN4OS/c1-24-16(10-2-5-12(20)6-3-10)22-23-17(24)26-9-15(25)21-14-8-11(18)4-7-13(14)19/h2-8H,9H2,1H3,(H,21,25). The van der Waals surface area contributed by atoms with Gasteiger partial charge in [-0.15, -0.1) is 10.2 Å². The quantitative estimate of drug-likeness (QED) is 0.462. The molecule has 9 heteroatoms. The van der Waals surface area contributed by atoms with E-state index in [-0.39, 0.29) is 11.7 Å². The number of nitrogens with one attached hydrogen (secondary N) is 1. The first-order valence-corrected chi connectivity index (χ1v) is 10.4. The molecule has 0 atom stereocenters. The van der Waals surface area contributed by atoms with Crippen molar-refractivity contribution in [3.05, 3.63) is 56.4 Å². The molecule has 1 amide bonds. The van der Waals surface area contributed by atoms with Crippen molar-refractivity contribution in [2.24, 2.45) is 7.05 Å². The number of amides is 1. The fraction of sp³-hybridized carbons (Fsp3) is 0.118. The molecule has 0 fully saturated rings. The highest BCUT2D eigenvalue weighted by molar-refractivity contribution is 9.11. The molecule has 0 aliphatic rings. The first kappa shape index (κ1) is 19.4. The number of hydrogen-bond acceptors (Lipinski definition) is 4. The van der Waals surface area contributed by atoms with E-state index in [2.05, 4.69) is 47.4 Å². The van der Waals surface area contributed by atoms with Gasteiger partial charge in [-0.25, -0.2) is 0 Å². The Morgan fingerprint density at radius 1 is 1.19 bits per heavy atom. The molecule has 3 aromatic rings. The van der Waals surface area contributed by atoms with Crippen molar-refractivity contribution in [2.45, 2.75) is 5.16 Å². The maximum absolute atomic E-state index is 12.2. The molecule has 0 saturated carbocycles. The molecule has 0 bridgehead atoms. The first-order chi connectivity index (χ1) is 12.4. The van der Waals surface area contributed by atoms with Crippen molar-refractivity contribution in [3.63, 3.8) is 0 Å². The Bertz CT molecular complexity index is 946. The number of thioether (sulfide) groups is 1. The molecule has 2 aromatic carbocycles. The summed E-state index contributed by atoms with van der Waals surface area (Å²) in [5.41, 5.74) is 1.63. The Morgan fingerprint density at radius 2 is 1.92 bits per heavy atom. The molecule has 3 rings (SSSR count). The fourth-order valence-electron chi connectivity index (χ4n) is 2.20. The topological polar surface area (TPSA) is 59.8 Å². The normalized spacial score (nSPS) is 10.8. The number of nitrogens with zero attached hydrogens (tertiary/aromatic N) is 3. The summed E-state index contributed by atoms with van der Waals surface area (Å²) in [6.07, 6.45) is 0. The Morgan fingerprint density at radius 3 is 2.65 bits per heavy atom. The van der Waals surface area contributed by atoms with E-state index in [1.54, 1.807) is 0 Å². The molecular weight excluding hydrogens is 504 g/mol. The monoisotopic (exact) mass is 514 g/mol. The van der Waals surface area contributed by atoms with Gasteiger partial charge in [0.25, 0.3) is 0 Å². The number of anilines is 1. The van der Waals surface area contributed by atoms with E-state index in [4.69, 9.17) is 11.6 Å². The summed E-state index contributed by atoms with van der Waals surface area (Å²) in [5.74, 6) is 0.829. The van der Waals surface area contributed by atoms with Gasteiger partial charge in [-0.1, -0.05) is 39.3 Å². The summed E-state index contributed by atoms with van der Waals surface area (Å²) in [5, 5.41) is 12.6. The second-order valence-electron chi connectivity index (χ2n) is 5.33. The van der Waals surface area contributed by atoms with Crippen molar-refractivity contribution in [1.82, 2.24) is 14.8 Å². The molecule has 0 aliphatic carbocycles. The van der Waals surface area contributed by atoms with E-state index in [0.717, 1.165) is 20.3 Å². The minimum Gasteiger partial charge on any atom is -0.324 e. The van der Waals surface area contributed by atoms with E-state index in [1.165, 1.54) is 11.8 Å². The van der Waals surface area contributed by atoms with Crippen LogP contribution in [0.3, 0.4) is 0 Å². The van der Waals surface area contributed by atoms with Crippen LogP contribution in [0.15, 0.2) is 56.6 Å². The molecule has 26 heavy (non-hydrogen) atoms. The van der Waals surface area contributed by atoms with Gasteiger partial charge in [-0.2, -0.15) is 0 Å². The molecule has 5 nitrogen and oxygen atoms in total. The average molecular weight is 517 g/mol. The molecule has 1 heterocycles. The maximum Gasteiger partial charge on any atom is 0.234 e. The largest absolute Gasteiger partial charge is 0.324 e. The molecule has 1 aromatic heterocycles. The highest BCUT2D eigenvalue weighted by atomic mass is 79.9. The number of hydrogen-bond donors (Lipinski definition) is 1. The van der Waals surface area contributed by atoms with Crippen LogP contribution in [0.25, 0.3) is 11.4 Å². The Balaban J connectivity index is 1.65. The van der Waals surface area contributed by atoms with Crippen LogP contribution in [0.2, 0.25) is 5.02 Å². The Labute approximate surface area is 176 Å². The van der Waals surface area contributed by atoms with Gasteiger partial charge in [-0.05, 0) is 58.4 Å². The third-order valence-corrected chi connectivity index (χ3v) is 5.93. The van der Waals surface area contributed by atoms with Crippen LogP contribution in [-0.2, 0) is 11.8 Å². The lowest BCUT2D eigenvalue weighted by molar-refractivity contribution is -0.113. The second kappa shape index (κ2) is 8.56. The average Bonchev–Trinajstić information content (AvgIpc) is 2.98. The summed E-state index contributed by atoms with van der Waals surface area (Å²) >= 11 is 14.1. The number of halogens is 3. The van der Waals surface area contributed by atoms with Gasteiger partial charge in [0.05, 0.1) is 11.4 Å². The van der Waals surface area contributed by atoms with Crippen LogP contribution >= 0.6 is 55.2 Å². The van der Waals surface area contributed by atoms with Crippen LogP contribution in [0.4, 0.5) is 5.69 Å². The SMILES string of the molecule is Cn1c(SCC(=O)Nc2cc(Br)ccc2Br)nnc1-c1ccc(Cl)cc1. The van der Waals surface area contributed by atoms with Crippen molar-refractivity contribution >= 4 is 66.8 Å². The van der Waals surface area contributed by atoms with Gasteiger partial charge in [0.15, 0.2) is 11.0 Å². The summed E-state index contributed by atoms with van der Waals surface area (Å²) in [4.78, 5) is 12.2. The molecule has 0 spiro atoms. The van der Waals surface area contributed by atoms with Gasteiger partial charge < -0.3 is 9.88 Å². The molecule has 0 aliphatic heterocycles. The lowest BCUT2D eigenvalue weighted by atomic mass is 10.2. The molecular formula is C17H13Br2ClN4OS. The zero-order valence-corrected chi connectivity index (χ0v) is 18.3. The fourth-order valence-corrected chi connectivity index (χ4v) is 3.74. The highest BCUT2D eigenvalue weighted by Gasteiger charge is 2.13. The predicted octanol–water partition coefficient (Wildman–Crippen LogP) is 5.39. The maximum atomic E-state index is 12.2. The van der Waals surface area contributed by atoms with E-state index >= 15 is 0 Å². The van der Waals surface area contributed by atoms with Gasteiger partial charge in [0.2, 0.25) is 5.91 Å². The van der Waals surface area contributed by atoms with Crippen LogP contribution in [0.1, 0.15) is 0 Å². The van der Waals surface area contributed by atoms with Crippen molar-refractivity contribution in [1.29, 1.82) is 0 Å². The van der Waals surface area contributed by atoms with Crippen molar-refractivity contribution < 1.29 is 4.79 Å². The van der Waals surface area contributed by atoms with Crippen LogP contribution in [-0.4, -0.2) is 26.4 Å². The van der Waals surface area contributed by atoms with Crippen molar-refractivity contribution in [3.8, 4) is 11.4 Å². The van der Waals surface area contributed by atoms with E-state index in [0.29, 0.717) is 15.9 Å². The Hall–Kier alpha value is -1.35. The molecule has 134 valence electrons. The first-order valence-electron chi connectivity index (χ1n) is 7.47. The Kier molecular flexibility index (Phi) is 6.39. The number of rotatable bonds is 5. The molecule has 1 N–H and O–H groups in total. The number of carbonyl (C=O) groups excluding carboxylic acids is 1. The van der Waals surface area contributed by atoms with Gasteiger partial charge in [0.1, 0.15) is 0 Å². The van der Waals surface area contributed by atoms with E-state index in [9.17, 15) is 4.79 Å². The van der Waals surface area contributed by atoms with Crippen LogP contribution in [0, 0.1) is 0 Å². The second-order valence-corrected chi connectivity index (χ2v) is 8.48. The minimum atomic E-state index is -0.121. The summed E-state index contributed by atoms with van der Waals surface area (Å²) in [6.45, 7) is 0. The molecule has 0 unspecified atom stereocenters. The smallest absolute Gasteiger partial charge is 0.234 e. The van der Waals surface area contributed by atoms with Gasteiger partial charge in [0, 0.05) is 26.6 Å². The van der Waals surface area contributed by atoms with Gasteiger partial charge in [-0.3, -0.25) is 4.79 Å². The van der Waals surface area contributed by atoms with E-state index < -0.39 is 0 Å². The summed E-state index contributed by atoms with van der Waals surface area (Å²) in [6, 6.07) is 13.0.